The molecule has 1 aliphatic rings. The molecule has 0 saturated carbocycles. The third-order valence-corrected chi connectivity index (χ3v) is 3.84. The number of non-ortho nitro benzene ring substituents is 1. The molecule has 122 valence electrons. The molecule has 8 nitrogen and oxygen atoms in total. The quantitative estimate of drug-likeness (QED) is 0.470. The van der Waals surface area contributed by atoms with Gasteiger partial charge in [-0.15, -0.1) is 0 Å². The summed E-state index contributed by atoms with van der Waals surface area (Å²) in [6.45, 7) is 0.284. The molecule has 9 heteroatoms. The molecule has 2 aromatic rings. The fourth-order valence-corrected chi connectivity index (χ4v) is 2.54. The van der Waals surface area contributed by atoms with E-state index in [1.165, 1.54) is 22.2 Å². The number of carbonyl (C=O) groups is 1. The van der Waals surface area contributed by atoms with Gasteiger partial charge in [-0.05, 0) is 22.9 Å². The standard InChI is InChI=1S/C15H12ClN5O3/c16-13-3-1-2-4-14(13)20-15(10-22)19(17-18-20)9-11-5-7-12(8-6-11)21(23)24/h1-8,10,15H,9H2. The summed E-state index contributed by atoms with van der Waals surface area (Å²) in [5.74, 6) is 0. The van der Waals surface area contributed by atoms with Crippen molar-refractivity contribution in [3.05, 3.63) is 69.2 Å². The van der Waals surface area contributed by atoms with Crippen LogP contribution in [0.3, 0.4) is 0 Å². The lowest BCUT2D eigenvalue weighted by atomic mass is 10.2. The number of halogens is 1. The lowest BCUT2D eigenvalue weighted by Gasteiger charge is -2.24. The molecule has 0 saturated heterocycles. The monoisotopic (exact) mass is 345 g/mol. The molecule has 0 N–H and O–H groups in total. The Morgan fingerprint density at radius 1 is 1.17 bits per heavy atom. The van der Waals surface area contributed by atoms with E-state index in [1.807, 2.05) is 0 Å². The maximum Gasteiger partial charge on any atom is 0.269 e. The number of para-hydroxylation sites is 1. The lowest BCUT2D eigenvalue weighted by molar-refractivity contribution is -0.384. The van der Waals surface area contributed by atoms with Crippen LogP contribution in [0.25, 0.3) is 0 Å². The van der Waals surface area contributed by atoms with Gasteiger partial charge in [-0.1, -0.05) is 41.1 Å². The van der Waals surface area contributed by atoms with Crippen molar-refractivity contribution in [2.45, 2.75) is 12.7 Å². The topological polar surface area (TPSA) is 91.4 Å². The van der Waals surface area contributed by atoms with Crippen molar-refractivity contribution in [3.8, 4) is 0 Å². The molecule has 0 aromatic heterocycles. The van der Waals surface area contributed by atoms with E-state index in [9.17, 15) is 14.9 Å². The Labute approximate surface area is 142 Å². The van der Waals surface area contributed by atoms with Gasteiger partial charge in [0.2, 0.25) is 0 Å². The Hall–Kier alpha value is -3.00. The van der Waals surface area contributed by atoms with Gasteiger partial charge in [0.05, 0.1) is 22.2 Å². The minimum absolute atomic E-state index is 0.00595. The van der Waals surface area contributed by atoms with Crippen molar-refractivity contribution in [2.24, 2.45) is 10.4 Å². The van der Waals surface area contributed by atoms with Crippen molar-refractivity contribution in [1.82, 2.24) is 5.01 Å². The van der Waals surface area contributed by atoms with Crippen LogP contribution >= 0.6 is 11.6 Å². The predicted molar refractivity (Wildman–Crippen MR) is 87.3 cm³/mol. The van der Waals surface area contributed by atoms with E-state index in [0.717, 1.165) is 5.56 Å². The zero-order valence-corrected chi connectivity index (χ0v) is 13.1. The van der Waals surface area contributed by atoms with Crippen LogP contribution in [0.5, 0.6) is 0 Å². The van der Waals surface area contributed by atoms with E-state index < -0.39 is 11.1 Å². The molecular formula is C15H12ClN5O3. The van der Waals surface area contributed by atoms with E-state index in [-0.39, 0.29) is 12.2 Å². The highest BCUT2D eigenvalue weighted by atomic mass is 35.5. The predicted octanol–water partition coefficient (Wildman–Crippen LogP) is 3.38. The largest absolute Gasteiger partial charge is 0.299 e. The average Bonchev–Trinajstić information content (AvgIpc) is 2.98. The normalized spacial score (nSPS) is 16.5. The summed E-state index contributed by atoms with van der Waals surface area (Å²) >= 11 is 6.14. The van der Waals surface area contributed by atoms with Crippen molar-refractivity contribution in [2.75, 3.05) is 5.01 Å². The maximum atomic E-state index is 11.5. The molecule has 2 aromatic carbocycles. The van der Waals surface area contributed by atoms with Crippen LogP contribution in [-0.4, -0.2) is 22.4 Å². The Kier molecular flexibility index (Phi) is 4.39. The number of nitro groups is 1. The first kappa shape index (κ1) is 15.9. The van der Waals surface area contributed by atoms with Crippen molar-refractivity contribution in [3.63, 3.8) is 0 Å². The van der Waals surface area contributed by atoms with Crippen LogP contribution in [0.2, 0.25) is 5.02 Å². The molecule has 0 bridgehead atoms. The number of anilines is 1. The molecule has 1 atom stereocenters. The van der Waals surface area contributed by atoms with Crippen LogP contribution in [-0.2, 0) is 11.3 Å². The second-order valence-electron chi connectivity index (χ2n) is 5.05. The van der Waals surface area contributed by atoms with Crippen molar-refractivity contribution >= 4 is 29.3 Å². The first-order chi connectivity index (χ1) is 11.6. The molecule has 1 unspecified atom stereocenters. The highest BCUT2D eigenvalue weighted by Crippen LogP contribution is 2.31. The van der Waals surface area contributed by atoms with Crippen molar-refractivity contribution in [1.29, 1.82) is 0 Å². The Balaban J connectivity index is 1.78. The van der Waals surface area contributed by atoms with Gasteiger partial charge in [0.25, 0.3) is 5.69 Å². The summed E-state index contributed by atoms with van der Waals surface area (Å²) < 4.78 is 0. The van der Waals surface area contributed by atoms with Crippen LogP contribution in [0.1, 0.15) is 5.56 Å². The fraction of sp³-hybridized carbons (Fsp3) is 0.133. The minimum Gasteiger partial charge on any atom is -0.299 e. The number of aldehydes is 1. The zero-order chi connectivity index (χ0) is 17.1. The molecule has 1 heterocycles. The van der Waals surface area contributed by atoms with E-state index in [2.05, 4.69) is 10.4 Å². The van der Waals surface area contributed by atoms with Gasteiger partial charge in [0, 0.05) is 12.1 Å². The number of hydrogen-bond acceptors (Lipinski definition) is 7. The van der Waals surface area contributed by atoms with E-state index in [0.29, 0.717) is 17.0 Å². The van der Waals surface area contributed by atoms with Gasteiger partial charge in [-0.2, -0.15) is 0 Å². The molecule has 1 aliphatic heterocycles. The Morgan fingerprint density at radius 3 is 2.50 bits per heavy atom. The highest BCUT2D eigenvalue weighted by molar-refractivity contribution is 6.33. The van der Waals surface area contributed by atoms with E-state index >= 15 is 0 Å². The van der Waals surface area contributed by atoms with Gasteiger partial charge in [-0.25, -0.2) is 10.0 Å². The van der Waals surface area contributed by atoms with Gasteiger partial charge >= 0.3 is 0 Å². The number of rotatable bonds is 5. The summed E-state index contributed by atoms with van der Waals surface area (Å²) in [6.07, 6.45) is -0.0190. The van der Waals surface area contributed by atoms with Crippen LogP contribution in [0.4, 0.5) is 11.4 Å². The fourth-order valence-electron chi connectivity index (χ4n) is 2.32. The van der Waals surface area contributed by atoms with Gasteiger partial charge < -0.3 is 0 Å². The Morgan fingerprint density at radius 2 is 1.88 bits per heavy atom. The zero-order valence-electron chi connectivity index (χ0n) is 12.3. The third-order valence-electron chi connectivity index (χ3n) is 3.52. The summed E-state index contributed by atoms with van der Waals surface area (Å²) in [4.78, 5) is 21.7. The molecule has 24 heavy (non-hydrogen) atoms. The molecule has 3 rings (SSSR count). The first-order valence-electron chi connectivity index (χ1n) is 7.01. The number of hydrogen-bond donors (Lipinski definition) is 0. The highest BCUT2D eigenvalue weighted by Gasteiger charge is 2.31. The first-order valence-corrected chi connectivity index (χ1v) is 7.38. The number of nitro benzene ring substituents is 1. The van der Waals surface area contributed by atoms with Gasteiger partial charge in [0.15, 0.2) is 12.5 Å². The van der Waals surface area contributed by atoms with E-state index in [4.69, 9.17) is 11.6 Å². The summed E-state index contributed by atoms with van der Waals surface area (Å²) in [6, 6.07) is 13.1. The van der Waals surface area contributed by atoms with Crippen LogP contribution < -0.4 is 5.01 Å². The van der Waals surface area contributed by atoms with E-state index in [1.54, 1.807) is 36.4 Å². The Bertz CT molecular complexity index is 796. The number of benzene rings is 2. The number of nitrogens with zero attached hydrogens (tertiary/aromatic N) is 5. The summed E-state index contributed by atoms with van der Waals surface area (Å²) in [7, 11) is 0. The molecule has 0 fully saturated rings. The molecule has 0 radical (unpaired) electrons. The van der Waals surface area contributed by atoms with Crippen LogP contribution in [0.15, 0.2) is 59.0 Å². The van der Waals surface area contributed by atoms with Gasteiger partial charge in [-0.3, -0.25) is 14.9 Å². The smallest absolute Gasteiger partial charge is 0.269 e. The second kappa shape index (κ2) is 6.63. The maximum absolute atomic E-state index is 11.5. The number of carbonyl (C=O) groups excluding carboxylic acids is 1. The average molecular weight is 346 g/mol. The second-order valence-corrected chi connectivity index (χ2v) is 5.45. The third kappa shape index (κ3) is 3.04. The lowest BCUT2D eigenvalue weighted by Crippen LogP contribution is -2.39. The summed E-state index contributed by atoms with van der Waals surface area (Å²) in [5, 5.41) is 22.1. The SMILES string of the molecule is O=CC1N(Cc2ccc([N+](=O)[O-])cc2)N=NN1c1ccccc1Cl. The van der Waals surface area contributed by atoms with Crippen molar-refractivity contribution < 1.29 is 9.72 Å². The molecular weight excluding hydrogens is 334 g/mol. The molecule has 0 spiro atoms. The van der Waals surface area contributed by atoms with Crippen LogP contribution in [0, 0.1) is 10.1 Å². The molecule has 0 amide bonds. The molecule has 0 aliphatic carbocycles. The van der Waals surface area contributed by atoms with Gasteiger partial charge in [0.1, 0.15) is 0 Å². The minimum atomic E-state index is -0.736. The summed E-state index contributed by atoms with van der Waals surface area (Å²) in [5.41, 5.74) is 1.35.